The molecule has 148 valence electrons. The highest BCUT2D eigenvalue weighted by atomic mass is 35.5. The summed E-state index contributed by atoms with van der Waals surface area (Å²) in [6, 6.07) is 11.2. The third-order valence-corrected chi connectivity index (χ3v) is 5.87. The Balaban J connectivity index is 1.45. The molecule has 1 saturated heterocycles. The Labute approximate surface area is 170 Å². The number of furan rings is 1. The standard InChI is InChI=1S/C23H26ClNO3/c1-2-3-10-25-11-8-16(9-12-25)15-27-23(26)20-14-17(24)13-19-18-6-4-5-7-21(18)28-22(19)20/h4-7,13-14,16H,2-3,8-12,15H2,1H3. The van der Waals surface area contributed by atoms with Gasteiger partial charge in [-0.25, -0.2) is 4.79 Å². The maximum atomic E-state index is 12.8. The lowest BCUT2D eigenvalue weighted by atomic mass is 9.97. The molecule has 4 rings (SSSR count). The van der Waals surface area contributed by atoms with Crippen LogP contribution < -0.4 is 0 Å². The molecule has 1 fully saturated rings. The number of para-hydroxylation sites is 1. The number of esters is 1. The third-order valence-electron chi connectivity index (χ3n) is 5.65. The maximum Gasteiger partial charge on any atom is 0.342 e. The van der Waals surface area contributed by atoms with Crippen LogP contribution in [0.3, 0.4) is 0 Å². The molecule has 0 amide bonds. The summed E-state index contributed by atoms with van der Waals surface area (Å²) in [6.45, 7) is 6.03. The fourth-order valence-electron chi connectivity index (χ4n) is 3.97. The molecular formula is C23H26ClNO3. The van der Waals surface area contributed by atoms with Gasteiger partial charge in [0.15, 0.2) is 0 Å². The van der Waals surface area contributed by atoms with Crippen molar-refractivity contribution in [3.05, 3.63) is 47.0 Å². The van der Waals surface area contributed by atoms with Gasteiger partial charge in [-0.15, -0.1) is 0 Å². The van der Waals surface area contributed by atoms with E-state index in [-0.39, 0.29) is 5.97 Å². The van der Waals surface area contributed by atoms with E-state index < -0.39 is 0 Å². The van der Waals surface area contributed by atoms with Gasteiger partial charge in [0.05, 0.1) is 6.61 Å². The zero-order valence-corrected chi connectivity index (χ0v) is 17.0. The van der Waals surface area contributed by atoms with Crippen LogP contribution in [-0.2, 0) is 4.74 Å². The molecule has 4 nitrogen and oxygen atoms in total. The Morgan fingerprint density at radius 1 is 1.21 bits per heavy atom. The quantitative estimate of drug-likeness (QED) is 0.483. The molecule has 0 spiro atoms. The van der Waals surface area contributed by atoms with Crippen molar-refractivity contribution in [2.24, 2.45) is 5.92 Å². The van der Waals surface area contributed by atoms with Crippen molar-refractivity contribution in [1.29, 1.82) is 0 Å². The lowest BCUT2D eigenvalue weighted by Crippen LogP contribution is -2.36. The number of carbonyl (C=O) groups is 1. The Kier molecular flexibility index (Phi) is 5.88. The van der Waals surface area contributed by atoms with E-state index in [4.69, 9.17) is 20.8 Å². The van der Waals surface area contributed by atoms with E-state index in [2.05, 4.69) is 11.8 Å². The van der Waals surface area contributed by atoms with Gasteiger partial charge in [-0.3, -0.25) is 0 Å². The molecule has 3 aromatic rings. The van der Waals surface area contributed by atoms with E-state index in [1.165, 1.54) is 19.4 Å². The van der Waals surface area contributed by atoms with Crippen molar-refractivity contribution in [2.45, 2.75) is 32.6 Å². The smallest absolute Gasteiger partial charge is 0.342 e. The topological polar surface area (TPSA) is 42.7 Å². The van der Waals surface area contributed by atoms with Gasteiger partial charge in [0, 0.05) is 15.8 Å². The summed E-state index contributed by atoms with van der Waals surface area (Å²) in [5.74, 6) is 0.0622. The zero-order valence-electron chi connectivity index (χ0n) is 16.2. The van der Waals surface area contributed by atoms with E-state index in [0.29, 0.717) is 28.7 Å². The highest BCUT2D eigenvalue weighted by molar-refractivity contribution is 6.32. The van der Waals surface area contributed by atoms with Crippen molar-refractivity contribution in [3.63, 3.8) is 0 Å². The zero-order chi connectivity index (χ0) is 19.5. The summed E-state index contributed by atoms with van der Waals surface area (Å²) < 4.78 is 11.6. The van der Waals surface area contributed by atoms with Crippen LogP contribution in [0.5, 0.6) is 0 Å². The molecule has 0 N–H and O–H groups in total. The molecule has 28 heavy (non-hydrogen) atoms. The number of unbranched alkanes of at least 4 members (excludes halogenated alkanes) is 1. The van der Waals surface area contributed by atoms with Crippen molar-refractivity contribution in [3.8, 4) is 0 Å². The van der Waals surface area contributed by atoms with Crippen molar-refractivity contribution >= 4 is 39.5 Å². The van der Waals surface area contributed by atoms with E-state index in [1.807, 2.05) is 30.3 Å². The molecule has 0 unspecified atom stereocenters. The average Bonchev–Trinajstić information content (AvgIpc) is 3.09. The first kappa shape index (κ1) is 19.3. The number of fused-ring (bicyclic) bond motifs is 3. The molecular weight excluding hydrogens is 374 g/mol. The molecule has 0 saturated carbocycles. The monoisotopic (exact) mass is 399 g/mol. The molecule has 2 aromatic carbocycles. The van der Waals surface area contributed by atoms with Crippen molar-refractivity contribution in [2.75, 3.05) is 26.2 Å². The summed E-state index contributed by atoms with van der Waals surface area (Å²) in [4.78, 5) is 15.3. The van der Waals surface area contributed by atoms with E-state index in [0.717, 1.165) is 42.3 Å². The molecule has 5 heteroatoms. The minimum Gasteiger partial charge on any atom is -0.462 e. The van der Waals surface area contributed by atoms with Gasteiger partial charge in [0.1, 0.15) is 16.7 Å². The molecule has 1 aliphatic rings. The third kappa shape index (κ3) is 4.03. The van der Waals surface area contributed by atoms with Crippen LogP contribution in [-0.4, -0.2) is 37.1 Å². The van der Waals surface area contributed by atoms with Crippen LogP contribution >= 0.6 is 11.6 Å². The number of halogens is 1. The van der Waals surface area contributed by atoms with Gasteiger partial charge >= 0.3 is 5.97 Å². The van der Waals surface area contributed by atoms with Gasteiger partial charge in [-0.1, -0.05) is 43.1 Å². The Bertz CT molecular complexity index is 973. The van der Waals surface area contributed by atoms with E-state index >= 15 is 0 Å². The Morgan fingerprint density at radius 2 is 2.00 bits per heavy atom. The number of hydrogen-bond donors (Lipinski definition) is 0. The molecule has 1 aromatic heterocycles. The lowest BCUT2D eigenvalue weighted by Gasteiger charge is -2.31. The molecule has 0 aliphatic carbocycles. The fraction of sp³-hybridized carbons (Fsp3) is 0.435. The normalized spacial score (nSPS) is 16.1. The number of rotatable bonds is 6. The molecule has 0 radical (unpaired) electrons. The second-order valence-corrected chi connectivity index (χ2v) is 8.10. The van der Waals surface area contributed by atoms with Crippen molar-refractivity contribution in [1.82, 2.24) is 4.90 Å². The number of ether oxygens (including phenoxy) is 1. The highest BCUT2D eigenvalue weighted by Crippen LogP contribution is 2.33. The average molecular weight is 400 g/mol. The minimum absolute atomic E-state index is 0.361. The molecule has 0 atom stereocenters. The lowest BCUT2D eigenvalue weighted by molar-refractivity contribution is 0.0373. The van der Waals surface area contributed by atoms with Crippen LogP contribution in [0.25, 0.3) is 21.9 Å². The van der Waals surface area contributed by atoms with Gasteiger partial charge in [-0.05, 0) is 63.0 Å². The second-order valence-electron chi connectivity index (χ2n) is 7.67. The van der Waals surface area contributed by atoms with Gasteiger partial charge in [0.25, 0.3) is 0 Å². The Morgan fingerprint density at radius 3 is 2.79 bits per heavy atom. The first-order valence-corrected chi connectivity index (χ1v) is 10.5. The SMILES string of the molecule is CCCCN1CCC(COC(=O)c2cc(Cl)cc3c2oc2ccccc23)CC1. The maximum absolute atomic E-state index is 12.8. The van der Waals surface area contributed by atoms with Gasteiger partial charge in [0.2, 0.25) is 0 Å². The van der Waals surface area contributed by atoms with Crippen LogP contribution in [0, 0.1) is 5.92 Å². The number of likely N-dealkylation sites (tertiary alicyclic amines) is 1. The predicted octanol–water partition coefficient (Wildman–Crippen LogP) is 5.91. The van der Waals surface area contributed by atoms with Crippen molar-refractivity contribution < 1.29 is 13.9 Å². The predicted molar refractivity (Wildman–Crippen MR) is 113 cm³/mol. The number of piperidine rings is 1. The minimum atomic E-state index is -0.361. The molecule has 0 bridgehead atoms. The summed E-state index contributed by atoms with van der Waals surface area (Å²) in [7, 11) is 0. The molecule has 1 aliphatic heterocycles. The first-order valence-electron chi connectivity index (χ1n) is 10.2. The molecule has 2 heterocycles. The number of benzene rings is 2. The van der Waals surface area contributed by atoms with E-state index in [9.17, 15) is 4.79 Å². The van der Waals surface area contributed by atoms with Gasteiger partial charge < -0.3 is 14.1 Å². The van der Waals surface area contributed by atoms with Crippen LogP contribution in [0.2, 0.25) is 5.02 Å². The summed E-state index contributed by atoms with van der Waals surface area (Å²) in [5, 5.41) is 2.31. The number of nitrogens with zero attached hydrogens (tertiary/aromatic N) is 1. The second kappa shape index (κ2) is 8.54. The van der Waals surface area contributed by atoms with Crippen LogP contribution in [0.15, 0.2) is 40.8 Å². The van der Waals surface area contributed by atoms with Crippen LogP contribution in [0.4, 0.5) is 0 Å². The number of hydrogen-bond acceptors (Lipinski definition) is 4. The summed E-state index contributed by atoms with van der Waals surface area (Å²) in [5.41, 5.74) is 1.69. The van der Waals surface area contributed by atoms with Gasteiger partial charge in [-0.2, -0.15) is 0 Å². The highest BCUT2D eigenvalue weighted by Gasteiger charge is 2.23. The van der Waals surface area contributed by atoms with Crippen LogP contribution in [0.1, 0.15) is 43.0 Å². The summed E-state index contributed by atoms with van der Waals surface area (Å²) in [6.07, 6.45) is 4.63. The largest absolute Gasteiger partial charge is 0.462 e. The first-order chi connectivity index (χ1) is 13.7. The fourth-order valence-corrected chi connectivity index (χ4v) is 4.19. The Hall–Kier alpha value is -2.04. The summed E-state index contributed by atoms with van der Waals surface area (Å²) >= 11 is 6.28. The number of carbonyl (C=O) groups excluding carboxylic acids is 1. The van der Waals surface area contributed by atoms with E-state index in [1.54, 1.807) is 6.07 Å².